The van der Waals surface area contributed by atoms with E-state index in [1.54, 1.807) is 0 Å². The second kappa shape index (κ2) is 10.4. The molecule has 5 aromatic carbocycles. The van der Waals surface area contributed by atoms with E-state index < -0.39 is 0 Å². The van der Waals surface area contributed by atoms with Crippen LogP contribution >= 0.6 is 0 Å². The van der Waals surface area contributed by atoms with Gasteiger partial charge >= 0.3 is 0 Å². The molecule has 0 fully saturated rings. The number of anilines is 3. The van der Waals surface area contributed by atoms with Gasteiger partial charge in [0.05, 0.1) is 0 Å². The van der Waals surface area contributed by atoms with Gasteiger partial charge in [0.25, 0.3) is 0 Å². The number of benzene rings is 5. The molecule has 0 amide bonds. The molecule has 3 aliphatic rings. The normalized spacial score (nSPS) is 19.1. The third-order valence-corrected chi connectivity index (χ3v) is 12.4. The van der Waals surface area contributed by atoms with Gasteiger partial charge in [0.1, 0.15) is 11.3 Å². The minimum Gasteiger partial charge on any atom is -0.460 e. The molecule has 0 saturated heterocycles. The Morgan fingerprint density at radius 3 is 1.80 bits per heavy atom. The first-order chi connectivity index (χ1) is 23.7. The minimum atomic E-state index is -0.127. The molecule has 0 bridgehead atoms. The Bertz CT molecular complexity index is 2410. The molecule has 2 atom stereocenters. The summed E-state index contributed by atoms with van der Waals surface area (Å²) in [7, 11) is 0. The van der Waals surface area contributed by atoms with Crippen LogP contribution in [-0.2, 0) is 16.2 Å². The largest absolute Gasteiger partial charge is 0.460 e. The Balaban J connectivity index is 1.23. The molecule has 1 heterocycles. The first-order valence-corrected chi connectivity index (χ1v) is 18.3. The lowest BCUT2D eigenvalue weighted by Crippen LogP contribution is -2.19. The zero-order valence-electron chi connectivity index (χ0n) is 30.9. The van der Waals surface area contributed by atoms with Gasteiger partial charge in [-0.05, 0) is 97.8 Å². The summed E-state index contributed by atoms with van der Waals surface area (Å²) in [6.45, 7) is 21.0. The van der Waals surface area contributed by atoms with E-state index in [0.717, 1.165) is 28.4 Å². The van der Waals surface area contributed by atoms with Crippen molar-refractivity contribution in [3.8, 4) is 22.3 Å². The van der Waals surface area contributed by atoms with Crippen LogP contribution in [0.25, 0.3) is 39.3 Å². The maximum atomic E-state index is 6.70. The Labute approximate surface area is 297 Å². The molecule has 0 N–H and O–H groups in total. The molecule has 0 radical (unpaired) electrons. The van der Waals surface area contributed by atoms with Crippen LogP contribution in [0.15, 0.2) is 108 Å². The maximum absolute atomic E-state index is 6.70. The number of hydrogen-bond acceptors (Lipinski definition) is 2. The van der Waals surface area contributed by atoms with Crippen LogP contribution in [0.3, 0.4) is 0 Å². The van der Waals surface area contributed by atoms with Crippen LogP contribution < -0.4 is 4.90 Å². The van der Waals surface area contributed by atoms with Gasteiger partial charge in [-0.1, -0.05) is 129 Å². The summed E-state index contributed by atoms with van der Waals surface area (Å²) in [6.07, 6.45) is 4.58. The third kappa shape index (κ3) is 4.33. The molecule has 50 heavy (non-hydrogen) atoms. The molecule has 9 rings (SSSR count). The Morgan fingerprint density at radius 2 is 1.14 bits per heavy atom. The molecule has 0 spiro atoms. The fourth-order valence-electron chi connectivity index (χ4n) is 9.04. The molecule has 2 nitrogen and oxygen atoms in total. The van der Waals surface area contributed by atoms with Gasteiger partial charge in [0.2, 0.25) is 0 Å². The van der Waals surface area contributed by atoms with E-state index in [2.05, 4.69) is 176 Å². The Hall–Kier alpha value is -4.82. The summed E-state index contributed by atoms with van der Waals surface area (Å²) in [5.41, 5.74) is 17.8. The van der Waals surface area contributed by atoms with Crippen LogP contribution in [0.5, 0.6) is 0 Å². The molecule has 0 aliphatic heterocycles. The molecular formula is C48H47NO. The van der Waals surface area contributed by atoms with Gasteiger partial charge in [0, 0.05) is 50.8 Å². The van der Waals surface area contributed by atoms with Crippen molar-refractivity contribution in [1.82, 2.24) is 0 Å². The van der Waals surface area contributed by atoms with Gasteiger partial charge in [-0.2, -0.15) is 0 Å². The fourth-order valence-corrected chi connectivity index (χ4v) is 9.04. The van der Waals surface area contributed by atoms with Crippen molar-refractivity contribution in [1.29, 1.82) is 0 Å². The van der Waals surface area contributed by atoms with E-state index in [1.165, 1.54) is 61.0 Å². The predicted octanol–water partition coefficient (Wildman–Crippen LogP) is 13.6. The van der Waals surface area contributed by atoms with E-state index in [9.17, 15) is 0 Å². The molecule has 6 aromatic rings. The van der Waals surface area contributed by atoms with E-state index in [-0.39, 0.29) is 16.2 Å². The second-order valence-corrected chi connectivity index (χ2v) is 17.2. The van der Waals surface area contributed by atoms with Gasteiger partial charge in [-0.15, -0.1) is 0 Å². The molecular weight excluding hydrogens is 607 g/mol. The van der Waals surface area contributed by atoms with E-state index in [0.29, 0.717) is 11.8 Å². The highest BCUT2D eigenvalue weighted by molar-refractivity contribution is 5.94. The molecule has 2 heteroatoms. The Morgan fingerprint density at radius 1 is 0.600 bits per heavy atom. The van der Waals surface area contributed by atoms with E-state index >= 15 is 0 Å². The summed E-state index contributed by atoms with van der Waals surface area (Å²) in [6, 6.07) is 37.0. The zero-order valence-corrected chi connectivity index (χ0v) is 30.9. The van der Waals surface area contributed by atoms with Crippen molar-refractivity contribution in [3.63, 3.8) is 0 Å². The lowest BCUT2D eigenvalue weighted by Gasteiger charge is -2.30. The van der Waals surface area contributed by atoms with Crippen molar-refractivity contribution >= 4 is 34.1 Å². The first-order valence-electron chi connectivity index (χ1n) is 18.3. The quantitative estimate of drug-likeness (QED) is 0.189. The standard InChI is InChI=1S/C48H47NO/c1-28-14-19-39-38-23-18-33(27-44(38)50-45(39)29(28)2)49(31-16-21-36-34-12-10-11-13-40(34)47(6,7)42(36)25-31)32-17-22-37-35-20-15-30(46(3,4)5)24-41(35)48(8,9)43(37)26-32/h10-29H,1-9H3/t28-,29?/m0/s1. The van der Waals surface area contributed by atoms with Crippen LogP contribution in [0, 0.1) is 5.92 Å². The summed E-state index contributed by atoms with van der Waals surface area (Å²) >= 11 is 0. The van der Waals surface area contributed by atoms with Crippen molar-refractivity contribution < 1.29 is 4.42 Å². The topological polar surface area (TPSA) is 16.4 Å². The number of hydrogen-bond donors (Lipinski definition) is 0. The van der Waals surface area contributed by atoms with Crippen LogP contribution in [-0.4, -0.2) is 0 Å². The van der Waals surface area contributed by atoms with Crippen LogP contribution in [0.4, 0.5) is 17.1 Å². The highest BCUT2D eigenvalue weighted by Gasteiger charge is 2.38. The molecule has 3 aliphatic carbocycles. The highest BCUT2D eigenvalue weighted by atomic mass is 16.3. The average Bonchev–Trinajstić information content (AvgIpc) is 3.66. The number of allylic oxidation sites excluding steroid dienone is 1. The first kappa shape index (κ1) is 31.2. The summed E-state index contributed by atoms with van der Waals surface area (Å²) in [5, 5.41) is 1.18. The van der Waals surface area contributed by atoms with Gasteiger partial charge in [-0.25, -0.2) is 0 Å². The lowest BCUT2D eigenvalue weighted by molar-refractivity contribution is 0.451. The number of furan rings is 1. The fraction of sp³-hybridized carbons (Fsp3) is 0.292. The van der Waals surface area contributed by atoms with Crippen molar-refractivity contribution in [2.75, 3.05) is 4.90 Å². The van der Waals surface area contributed by atoms with Crippen LogP contribution in [0.1, 0.15) is 107 Å². The summed E-state index contributed by atoms with van der Waals surface area (Å²) in [5.74, 6) is 1.90. The second-order valence-electron chi connectivity index (χ2n) is 17.2. The number of rotatable bonds is 3. The average molecular weight is 654 g/mol. The maximum Gasteiger partial charge on any atom is 0.137 e. The summed E-state index contributed by atoms with van der Waals surface area (Å²) < 4.78 is 6.70. The van der Waals surface area contributed by atoms with Crippen molar-refractivity contribution in [2.45, 2.75) is 84.5 Å². The SMILES string of the molecule is CC1c2oc3cc(N(c4ccc5c(c4)C(C)(C)c4ccccc4-5)c4ccc5c(c4)C(C)(C)c4cc(C(C)(C)C)ccc4-5)ccc3c2C=C[C@@H]1C. The number of fused-ring (bicyclic) bond motifs is 9. The molecule has 250 valence electrons. The third-order valence-electron chi connectivity index (χ3n) is 12.4. The zero-order chi connectivity index (χ0) is 34.9. The lowest BCUT2D eigenvalue weighted by atomic mass is 9.79. The van der Waals surface area contributed by atoms with Gasteiger partial charge in [-0.3, -0.25) is 0 Å². The predicted molar refractivity (Wildman–Crippen MR) is 211 cm³/mol. The Kier molecular flexibility index (Phi) is 6.46. The molecule has 0 saturated carbocycles. The van der Waals surface area contributed by atoms with Gasteiger partial charge in [0.15, 0.2) is 0 Å². The van der Waals surface area contributed by atoms with Crippen molar-refractivity contribution in [2.24, 2.45) is 5.92 Å². The summed E-state index contributed by atoms with van der Waals surface area (Å²) in [4.78, 5) is 2.45. The molecule has 1 aromatic heterocycles. The smallest absolute Gasteiger partial charge is 0.137 e. The molecule has 1 unspecified atom stereocenters. The van der Waals surface area contributed by atoms with Gasteiger partial charge < -0.3 is 9.32 Å². The number of nitrogens with zero attached hydrogens (tertiary/aromatic N) is 1. The van der Waals surface area contributed by atoms with E-state index in [4.69, 9.17) is 4.42 Å². The van der Waals surface area contributed by atoms with Crippen molar-refractivity contribution in [3.05, 3.63) is 142 Å². The van der Waals surface area contributed by atoms with E-state index in [1.807, 2.05) is 0 Å². The van der Waals surface area contributed by atoms with Crippen LogP contribution in [0.2, 0.25) is 0 Å². The highest BCUT2D eigenvalue weighted by Crippen LogP contribution is 2.54. The monoisotopic (exact) mass is 653 g/mol. The minimum absolute atomic E-state index is 0.0941.